The van der Waals surface area contributed by atoms with Gasteiger partial charge in [-0.2, -0.15) is 0 Å². The number of aliphatic hydroxyl groups excluding tert-OH is 1. The second-order valence-corrected chi connectivity index (χ2v) is 7.50. The molecule has 1 aliphatic carbocycles. The first-order chi connectivity index (χ1) is 13.1. The molecule has 138 valence electrons. The summed E-state index contributed by atoms with van der Waals surface area (Å²) >= 11 is 6.05. The monoisotopic (exact) mass is 381 g/mol. The molecule has 1 aliphatic heterocycles. The molecule has 4 rings (SSSR count). The van der Waals surface area contributed by atoms with Gasteiger partial charge in [0.2, 0.25) is 0 Å². The van der Waals surface area contributed by atoms with E-state index in [4.69, 9.17) is 11.6 Å². The van der Waals surface area contributed by atoms with Crippen molar-refractivity contribution in [2.45, 2.75) is 37.8 Å². The minimum absolute atomic E-state index is 0.0244. The maximum atomic E-state index is 12.9. The van der Waals surface area contributed by atoms with Gasteiger partial charge in [-0.05, 0) is 30.5 Å². The van der Waals surface area contributed by atoms with Gasteiger partial charge >= 0.3 is 0 Å². The second-order valence-electron chi connectivity index (χ2n) is 7.07. The number of nitrogens with zero attached hydrogens (tertiary/aromatic N) is 1. The molecule has 27 heavy (non-hydrogen) atoms. The Morgan fingerprint density at radius 1 is 1.00 bits per heavy atom. The van der Waals surface area contributed by atoms with E-state index in [1.165, 1.54) is 0 Å². The van der Waals surface area contributed by atoms with Crippen LogP contribution in [0.15, 0.2) is 60.2 Å². The number of ketones is 1. The van der Waals surface area contributed by atoms with Crippen LogP contribution in [0.5, 0.6) is 0 Å². The Hall–Kier alpha value is -2.59. The van der Waals surface area contributed by atoms with E-state index < -0.39 is 17.7 Å². The molecule has 0 bridgehead atoms. The molecular weight excluding hydrogens is 362 g/mol. The minimum atomic E-state index is -0.631. The Kier molecular flexibility index (Phi) is 4.75. The number of Topliss-reactive ketones (excluding diaryl/α,β-unsaturated/α-hetero) is 1. The van der Waals surface area contributed by atoms with Crippen molar-refractivity contribution < 1.29 is 14.7 Å². The maximum absolute atomic E-state index is 12.9. The van der Waals surface area contributed by atoms with Crippen LogP contribution in [-0.4, -0.2) is 27.7 Å². The fraction of sp³-hybridized carbons (Fsp3) is 0.273. The molecule has 2 aromatic rings. The molecule has 1 heterocycles. The van der Waals surface area contributed by atoms with E-state index in [1.54, 1.807) is 29.2 Å². The van der Waals surface area contributed by atoms with Crippen molar-refractivity contribution in [1.29, 1.82) is 0 Å². The number of rotatable bonds is 3. The lowest BCUT2D eigenvalue weighted by Gasteiger charge is -2.30. The summed E-state index contributed by atoms with van der Waals surface area (Å²) < 4.78 is 0. The third-order valence-corrected chi connectivity index (χ3v) is 5.65. The average molecular weight is 382 g/mol. The molecule has 1 unspecified atom stereocenters. The fourth-order valence-electron chi connectivity index (χ4n) is 4.16. The van der Waals surface area contributed by atoms with Gasteiger partial charge in [-0.1, -0.05) is 66.9 Å². The van der Waals surface area contributed by atoms with Crippen molar-refractivity contribution in [2.24, 2.45) is 0 Å². The topological polar surface area (TPSA) is 57.6 Å². The van der Waals surface area contributed by atoms with Gasteiger partial charge < -0.3 is 10.0 Å². The number of halogens is 1. The summed E-state index contributed by atoms with van der Waals surface area (Å²) in [6.07, 6.45) is 3.86. The lowest BCUT2D eigenvalue weighted by atomic mass is 9.94. The molecule has 1 amide bonds. The van der Waals surface area contributed by atoms with E-state index >= 15 is 0 Å². The molecule has 0 radical (unpaired) electrons. The zero-order chi connectivity index (χ0) is 19.0. The Labute approximate surface area is 163 Å². The quantitative estimate of drug-likeness (QED) is 0.476. The van der Waals surface area contributed by atoms with Crippen LogP contribution < -0.4 is 0 Å². The zero-order valence-electron chi connectivity index (χ0n) is 14.8. The highest BCUT2D eigenvalue weighted by Gasteiger charge is 2.49. The van der Waals surface area contributed by atoms with Crippen LogP contribution in [0.1, 0.15) is 42.9 Å². The molecule has 2 fully saturated rings. The number of likely N-dealkylation sites (tertiary alicyclic amines) is 1. The Balaban J connectivity index is 1.89. The highest BCUT2D eigenvalue weighted by atomic mass is 35.5. The zero-order valence-corrected chi connectivity index (χ0v) is 15.5. The van der Waals surface area contributed by atoms with Gasteiger partial charge in [-0.15, -0.1) is 0 Å². The van der Waals surface area contributed by atoms with Crippen molar-refractivity contribution in [3.63, 3.8) is 0 Å². The predicted octanol–water partition coefficient (Wildman–Crippen LogP) is 4.70. The average Bonchev–Trinajstić information content (AvgIpc) is 3.29. The van der Waals surface area contributed by atoms with Crippen molar-refractivity contribution >= 4 is 29.1 Å². The number of carbonyl (C=O) groups is 2. The Morgan fingerprint density at radius 3 is 2.37 bits per heavy atom. The smallest absolute Gasteiger partial charge is 0.295 e. The van der Waals surface area contributed by atoms with Gasteiger partial charge in [0.15, 0.2) is 0 Å². The number of aliphatic hydroxyl groups is 1. The maximum Gasteiger partial charge on any atom is 0.295 e. The molecule has 2 aliphatic rings. The summed E-state index contributed by atoms with van der Waals surface area (Å²) in [5, 5.41) is 11.4. The molecule has 1 saturated heterocycles. The highest BCUT2D eigenvalue weighted by Crippen LogP contribution is 2.43. The van der Waals surface area contributed by atoms with E-state index in [0.717, 1.165) is 31.2 Å². The number of benzene rings is 2. The molecule has 5 heteroatoms. The summed E-state index contributed by atoms with van der Waals surface area (Å²) in [5.41, 5.74) is 1.40. The number of hydrogen-bond acceptors (Lipinski definition) is 3. The first-order valence-electron chi connectivity index (χ1n) is 9.19. The summed E-state index contributed by atoms with van der Waals surface area (Å²) in [6, 6.07) is 15.6. The fourth-order valence-corrected chi connectivity index (χ4v) is 4.35. The van der Waals surface area contributed by atoms with Gasteiger partial charge in [0.05, 0.1) is 11.6 Å². The lowest BCUT2D eigenvalue weighted by molar-refractivity contribution is -0.141. The van der Waals surface area contributed by atoms with Crippen LogP contribution in [0.4, 0.5) is 0 Å². The van der Waals surface area contributed by atoms with Crippen LogP contribution in [0, 0.1) is 0 Å². The largest absolute Gasteiger partial charge is 0.507 e. The molecule has 0 spiro atoms. The SMILES string of the molecule is O=C1C(=O)N(C2CCCC2)C(c2ccccc2)/C1=C(/O)c1cccc(Cl)c1. The molecule has 4 nitrogen and oxygen atoms in total. The summed E-state index contributed by atoms with van der Waals surface area (Å²) in [7, 11) is 0. The summed E-state index contributed by atoms with van der Waals surface area (Å²) in [6.45, 7) is 0. The summed E-state index contributed by atoms with van der Waals surface area (Å²) in [4.78, 5) is 27.5. The molecule has 1 N–H and O–H groups in total. The van der Waals surface area contributed by atoms with Crippen LogP contribution in [0.2, 0.25) is 5.02 Å². The minimum Gasteiger partial charge on any atom is -0.507 e. The van der Waals surface area contributed by atoms with Crippen molar-refractivity contribution in [3.8, 4) is 0 Å². The standard InChI is InChI=1S/C22H20ClNO3/c23-16-10-6-9-15(13-16)20(25)18-19(14-7-2-1-3-8-14)24(22(27)21(18)26)17-11-4-5-12-17/h1-3,6-10,13,17,19,25H,4-5,11-12H2/b20-18-. The van der Waals surface area contributed by atoms with Crippen molar-refractivity contribution in [3.05, 3.63) is 76.3 Å². The third kappa shape index (κ3) is 3.15. The Morgan fingerprint density at radius 2 is 1.70 bits per heavy atom. The Bertz CT molecular complexity index is 916. The first-order valence-corrected chi connectivity index (χ1v) is 9.56. The van der Waals surface area contributed by atoms with E-state index in [2.05, 4.69) is 0 Å². The lowest BCUT2D eigenvalue weighted by Crippen LogP contribution is -2.37. The first kappa shape index (κ1) is 17.8. The van der Waals surface area contributed by atoms with Gasteiger partial charge in [0, 0.05) is 16.6 Å². The molecule has 1 atom stereocenters. The van der Waals surface area contributed by atoms with Crippen molar-refractivity contribution in [1.82, 2.24) is 4.90 Å². The normalized spacial score (nSPS) is 22.6. The third-order valence-electron chi connectivity index (χ3n) is 5.41. The van der Waals surface area contributed by atoms with Gasteiger partial charge in [-0.3, -0.25) is 9.59 Å². The van der Waals surface area contributed by atoms with E-state index in [-0.39, 0.29) is 17.4 Å². The van der Waals surface area contributed by atoms with Crippen molar-refractivity contribution in [2.75, 3.05) is 0 Å². The molecule has 1 saturated carbocycles. The van der Waals surface area contributed by atoms with Crippen LogP contribution in [0.25, 0.3) is 5.76 Å². The van der Waals surface area contributed by atoms with Crippen LogP contribution >= 0.6 is 11.6 Å². The summed E-state index contributed by atoms with van der Waals surface area (Å²) in [5.74, 6) is -1.34. The molecule has 2 aromatic carbocycles. The van der Waals surface area contributed by atoms with Crippen LogP contribution in [0.3, 0.4) is 0 Å². The van der Waals surface area contributed by atoms with E-state index in [9.17, 15) is 14.7 Å². The molecular formula is C22H20ClNO3. The van der Waals surface area contributed by atoms with Gasteiger partial charge in [0.25, 0.3) is 11.7 Å². The van der Waals surface area contributed by atoms with Crippen LogP contribution in [-0.2, 0) is 9.59 Å². The number of carbonyl (C=O) groups excluding carboxylic acids is 2. The second kappa shape index (κ2) is 7.20. The van der Waals surface area contributed by atoms with Gasteiger partial charge in [-0.25, -0.2) is 0 Å². The van der Waals surface area contributed by atoms with E-state index in [1.807, 2.05) is 30.3 Å². The van der Waals surface area contributed by atoms with E-state index in [0.29, 0.717) is 10.6 Å². The number of amides is 1. The number of hydrogen-bond donors (Lipinski definition) is 1. The highest BCUT2D eigenvalue weighted by molar-refractivity contribution is 6.46. The van der Waals surface area contributed by atoms with Gasteiger partial charge in [0.1, 0.15) is 5.76 Å². The predicted molar refractivity (Wildman–Crippen MR) is 104 cm³/mol. The molecule has 0 aromatic heterocycles.